The Kier molecular flexibility index (Phi) is 4.20. The van der Waals surface area contributed by atoms with Crippen molar-refractivity contribution in [1.29, 1.82) is 0 Å². The first-order chi connectivity index (χ1) is 14.9. The van der Waals surface area contributed by atoms with Crippen LogP contribution in [0.4, 0.5) is 23.5 Å². The van der Waals surface area contributed by atoms with E-state index in [0.29, 0.717) is 30.4 Å². The first kappa shape index (κ1) is 21.1. The van der Waals surface area contributed by atoms with Gasteiger partial charge in [-0.05, 0) is 43.9 Å². The summed E-state index contributed by atoms with van der Waals surface area (Å²) in [6, 6.07) is 4.41. The number of benzene rings is 1. The largest absolute Gasteiger partial charge is 0.451 e. The monoisotopic (exact) mass is 470 g/mol. The second-order valence-corrected chi connectivity index (χ2v) is 10.4. The van der Waals surface area contributed by atoms with Gasteiger partial charge < -0.3 is 5.73 Å². The molecule has 0 saturated heterocycles. The van der Waals surface area contributed by atoms with Crippen molar-refractivity contribution in [2.45, 2.75) is 42.8 Å². The highest BCUT2D eigenvalue weighted by molar-refractivity contribution is 7.89. The molecule has 2 bridgehead atoms. The third-order valence-electron chi connectivity index (χ3n) is 6.18. The van der Waals surface area contributed by atoms with E-state index < -0.39 is 40.2 Å². The van der Waals surface area contributed by atoms with Crippen LogP contribution in [0.5, 0.6) is 0 Å². The Hall–Kier alpha value is -2.80. The molecule has 3 aliphatic carbocycles. The topological polar surface area (TPSA) is 115 Å². The molecule has 0 amide bonds. The average molecular weight is 470 g/mol. The predicted molar refractivity (Wildman–Crippen MR) is 106 cm³/mol. The maximum Gasteiger partial charge on any atom is 0.451 e. The molecule has 3 fully saturated rings. The van der Waals surface area contributed by atoms with Crippen LogP contribution in [-0.2, 0) is 16.2 Å². The molecule has 0 atom stereocenters. The van der Waals surface area contributed by atoms with Gasteiger partial charge in [-0.3, -0.25) is 8.79 Å². The summed E-state index contributed by atoms with van der Waals surface area (Å²) in [6.45, 7) is 1.26. The Morgan fingerprint density at radius 1 is 1.19 bits per heavy atom. The summed E-state index contributed by atoms with van der Waals surface area (Å²) >= 11 is 0. The highest BCUT2D eigenvalue weighted by Gasteiger charge is 2.69. The van der Waals surface area contributed by atoms with Crippen molar-refractivity contribution in [1.82, 2.24) is 24.1 Å². The van der Waals surface area contributed by atoms with Crippen LogP contribution < -0.4 is 10.5 Å². The van der Waals surface area contributed by atoms with E-state index in [2.05, 4.69) is 19.7 Å². The van der Waals surface area contributed by atoms with Crippen LogP contribution in [0.2, 0.25) is 0 Å². The minimum absolute atomic E-state index is 0.0239. The lowest BCUT2D eigenvalue weighted by molar-refractivity contribution is -0.152. The third kappa shape index (κ3) is 3.13. The fourth-order valence-electron chi connectivity index (χ4n) is 4.79. The molecule has 3 N–H and O–H groups in total. The average Bonchev–Trinajstić information content (AvgIpc) is 3.07. The summed E-state index contributed by atoms with van der Waals surface area (Å²) in [4.78, 5) is 10.8. The highest BCUT2D eigenvalue weighted by atomic mass is 32.2. The number of hydrogen-bond acceptors (Lipinski definition) is 6. The van der Waals surface area contributed by atoms with Gasteiger partial charge in [-0.2, -0.15) is 23.1 Å². The molecule has 0 aliphatic heterocycles. The number of nitrogens with two attached hydrogens (primary N) is 1. The molecule has 13 heteroatoms. The van der Waals surface area contributed by atoms with Crippen molar-refractivity contribution in [2.75, 3.05) is 12.4 Å². The van der Waals surface area contributed by atoms with E-state index in [9.17, 15) is 26.0 Å². The zero-order valence-corrected chi connectivity index (χ0v) is 17.6. The van der Waals surface area contributed by atoms with Gasteiger partial charge in [0.25, 0.3) is 0 Å². The number of rotatable bonds is 5. The summed E-state index contributed by atoms with van der Waals surface area (Å²) in [5.41, 5.74) is 5.90. The van der Waals surface area contributed by atoms with Gasteiger partial charge in [0, 0.05) is 22.7 Å². The van der Waals surface area contributed by atoms with Crippen molar-refractivity contribution in [3.05, 3.63) is 35.8 Å². The van der Waals surface area contributed by atoms with Crippen LogP contribution in [0.3, 0.4) is 0 Å². The van der Waals surface area contributed by atoms with Crippen molar-refractivity contribution in [3.8, 4) is 11.3 Å². The second kappa shape index (κ2) is 6.38. The minimum atomic E-state index is -4.79. The van der Waals surface area contributed by atoms with Crippen molar-refractivity contribution in [3.63, 3.8) is 0 Å². The van der Waals surface area contributed by atoms with Gasteiger partial charge in [-0.15, -0.1) is 0 Å². The molecule has 3 aliphatic rings. The molecule has 8 nitrogen and oxygen atoms in total. The van der Waals surface area contributed by atoms with E-state index in [-0.39, 0.29) is 21.8 Å². The summed E-state index contributed by atoms with van der Waals surface area (Å²) in [5.74, 6) is -2.17. The lowest BCUT2D eigenvalue weighted by Crippen LogP contribution is -2.75. The van der Waals surface area contributed by atoms with E-state index in [1.165, 1.54) is 18.3 Å². The molecule has 32 heavy (non-hydrogen) atoms. The Morgan fingerprint density at radius 3 is 2.50 bits per heavy atom. The number of alkyl halides is 4. The molecule has 170 valence electrons. The van der Waals surface area contributed by atoms with Crippen molar-refractivity contribution in [2.24, 2.45) is 5.41 Å². The van der Waals surface area contributed by atoms with Gasteiger partial charge in [-0.25, -0.2) is 18.1 Å². The Labute approximate surface area is 179 Å². The fraction of sp³-hybridized carbons (Fsp3) is 0.421. The number of hydrogen-bond donors (Lipinski definition) is 2. The highest BCUT2D eigenvalue weighted by Crippen LogP contribution is 2.67. The number of aryl methyl sites for hydroxylation is 1. The molecular weight excluding hydrogens is 452 g/mol. The van der Waals surface area contributed by atoms with Crippen LogP contribution in [0.15, 0.2) is 29.3 Å². The van der Waals surface area contributed by atoms with Crippen molar-refractivity contribution < 1.29 is 26.0 Å². The Morgan fingerprint density at radius 2 is 1.88 bits per heavy atom. The van der Waals surface area contributed by atoms with Gasteiger partial charge >= 0.3 is 6.18 Å². The second-order valence-electron chi connectivity index (χ2n) is 8.73. The molecule has 2 heterocycles. The molecule has 0 spiro atoms. The maximum atomic E-state index is 13.0. The van der Waals surface area contributed by atoms with E-state index in [1.807, 2.05) is 0 Å². The van der Waals surface area contributed by atoms with E-state index in [4.69, 9.17) is 5.73 Å². The maximum absolute atomic E-state index is 13.0. The summed E-state index contributed by atoms with van der Waals surface area (Å²) < 4.78 is 81.6. The normalized spacial score (nSPS) is 24.9. The fourth-order valence-corrected chi connectivity index (χ4v) is 6.22. The van der Waals surface area contributed by atoms with Gasteiger partial charge in [0.1, 0.15) is 0 Å². The Balaban J connectivity index is 1.50. The third-order valence-corrected chi connectivity index (χ3v) is 7.76. The number of halogens is 4. The quantitative estimate of drug-likeness (QED) is 0.554. The minimum Gasteiger partial charge on any atom is -0.369 e. The Bertz CT molecular complexity index is 1350. The lowest BCUT2D eigenvalue weighted by atomic mass is 9.40. The lowest BCUT2D eigenvalue weighted by Gasteiger charge is -2.69. The number of aromatic nitrogens is 4. The summed E-state index contributed by atoms with van der Waals surface area (Å²) in [6.07, 6.45) is -2.02. The zero-order chi connectivity index (χ0) is 23.1. The van der Waals surface area contributed by atoms with Crippen LogP contribution in [0, 0.1) is 12.3 Å². The number of fused-ring (bicyclic) bond motifs is 1. The van der Waals surface area contributed by atoms with E-state index in [1.54, 1.807) is 13.0 Å². The SMILES string of the molecule is Cc1ccc(S(=O)(=O)NC23CC(CF)(C2)C3)cc1-c1cn2c(N)nc(C(F)(F)F)nc2n1. The zero-order valence-electron chi connectivity index (χ0n) is 16.7. The first-order valence-corrected chi connectivity index (χ1v) is 11.1. The number of nitrogens with zero attached hydrogens (tertiary/aromatic N) is 4. The molecule has 2 aromatic heterocycles. The van der Waals surface area contributed by atoms with E-state index >= 15 is 0 Å². The standard InChI is InChI=1S/C19H18F4N6O2S/c1-10-2-3-11(32(30,31)28-18-6-17(7-18,8-18)9-20)4-12(10)13-5-29-15(24)26-14(19(21,22)23)27-16(29)25-13/h2-5,28H,6-9H2,1H3,(H2,24,25,26,27). The van der Waals surface area contributed by atoms with E-state index in [0.717, 1.165) is 4.40 Å². The molecule has 0 radical (unpaired) electrons. The van der Waals surface area contributed by atoms with Crippen molar-refractivity contribution >= 4 is 21.7 Å². The molecule has 0 unspecified atom stereocenters. The number of imidazole rings is 1. The van der Waals surface area contributed by atoms with Gasteiger partial charge in [0.2, 0.25) is 27.6 Å². The number of nitrogens with one attached hydrogen (secondary N) is 1. The van der Waals surface area contributed by atoms with Gasteiger partial charge in [0.05, 0.1) is 17.3 Å². The molecule has 3 aromatic rings. The smallest absolute Gasteiger partial charge is 0.369 e. The molecular formula is C19H18F4N6O2S. The number of anilines is 1. The van der Waals surface area contributed by atoms with Crippen LogP contribution in [0.1, 0.15) is 30.7 Å². The van der Waals surface area contributed by atoms with Crippen LogP contribution in [-0.4, -0.2) is 40.0 Å². The molecule has 6 rings (SSSR count). The summed E-state index contributed by atoms with van der Waals surface area (Å²) in [5, 5.41) is 0. The van der Waals surface area contributed by atoms with Crippen LogP contribution in [0.25, 0.3) is 17.0 Å². The van der Waals surface area contributed by atoms with Gasteiger partial charge in [0.15, 0.2) is 0 Å². The van der Waals surface area contributed by atoms with Crippen LogP contribution >= 0.6 is 0 Å². The number of nitrogen functional groups attached to an aromatic ring is 1. The molecule has 3 saturated carbocycles. The molecule has 1 aromatic carbocycles. The summed E-state index contributed by atoms with van der Waals surface area (Å²) in [7, 11) is -3.90. The predicted octanol–water partition coefficient (Wildman–Crippen LogP) is 2.87. The first-order valence-electron chi connectivity index (χ1n) is 9.66. The number of sulfonamides is 1. The van der Waals surface area contributed by atoms with Gasteiger partial charge in [-0.1, -0.05) is 6.07 Å².